The molecule has 0 aliphatic heterocycles. The Kier molecular flexibility index (Phi) is 6.28. The number of nitrogens with one attached hydrogen (secondary N) is 1. The molecule has 1 amide bonds. The van der Waals surface area contributed by atoms with E-state index in [0.717, 1.165) is 12.1 Å². The van der Waals surface area contributed by atoms with Gasteiger partial charge in [0, 0.05) is 11.1 Å². The summed E-state index contributed by atoms with van der Waals surface area (Å²) in [5.74, 6) is -1.62. The topological polar surface area (TPSA) is 104 Å². The van der Waals surface area contributed by atoms with Crippen molar-refractivity contribution in [2.24, 2.45) is 4.99 Å². The van der Waals surface area contributed by atoms with E-state index in [1.165, 1.54) is 49.6 Å². The van der Waals surface area contributed by atoms with Crippen LogP contribution < -0.4 is 20.7 Å². The number of halogens is 3. The first-order valence-corrected chi connectivity index (χ1v) is 10.1. The SMILES string of the molecule is COc1ccc2oc(=Nc3ccc(C(=O)[O-])cc3)c(C(=O)Nc3cccc(C(F)(F)F)c3)cc2c1. The molecule has 0 spiro atoms. The number of hydrogen-bond acceptors (Lipinski definition) is 6. The van der Waals surface area contributed by atoms with Crippen LogP contribution in [0.3, 0.4) is 0 Å². The van der Waals surface area contributed by atoms with E-state index < -0.39 is 23.6 Å². The standard InChI is InChI=1S/C25H17F3N2O5/c1-34-19-9-10-21-15(11-19)12-20(22(31)29-18-4-2-3-16(13-18)25(26,27)28)23(35-21)30-17-7-5-14(6-8-17)24(32)33/h2-13H,1H3,(H,29,31)(H,32,33)/p-1. The second-order valence-corrected chi connectivity index (χ2v) is 7.35. The van der Waals surface area contributed by atoms with Crippen molar-refractivity contribution in [2.45, 2.75) is 6.18 Å². The van der Waals surface area contributed by atoms with Gasteiger partial charge in [0.05, 0.1) is 24.3 Å². The highest BCUT2D eigenvalue weighted by Gasteiger charge is 2.30. The van der Waals surface area contributed by atoms with Crippen LogP contribution in [0.4, 0.5) is 24.5 Å². The molecule has 0 aliphatic rings. The van der Waals surface area contributed by atoms with Gasteiger partial charge in [-0.05, 0) is 60.2 Å². The zero-order valence-electron chi connectivity index (χ0n) is 18.1. The number of carboxylic acids is 1. The number of carboxylic acid groups (broad SMARTS) is 1. The van der Waals surface area contributed by atoms with E-state index >= 15 is 0 Å². The predicted octanol–water partition coefficient (Wildman–Crippen LogP) is 4.31. The minimum absolute atomic E-state index is 0.0611. The number of carbonyl (C=O) groups is 2. The van der Waals surface area contributed by atoms with Crippen molar-refractivity contribution in [3.63, 3.8) is 0 Å². The number of anilines is 1. The first-order chi connectivity index (χ1) is 16.6. The first kappa shape index (κ1) is 23.6. The summed E-state index contributed by atoms with van der Waals surface area (Å²) in [6.07, 6.45) is -4.58. The Balaban J connectivity index is 1.81. The minimum atomic E-state index is -4.58. The molecular formula is C25H16F3N2O5-. The van der Waals surface area contributed by atoms with Gasteiger partial charge in [-0.2, -0.15) is 13.2 Å². The van der Waals surface area contributed by atoms with Gasteiger partial charge in [0.15, 0.2) is 0 Å². The van der Waals surface area contributed by atoms with Crippen molar-refractivity contribution in [2.75, 3.05) is 12.4 Å². The largest absolute Gasteiger partial charge is 0.545 e. The summed E-state index contributed by atoms with van der Waals surface area (Å²) < 4.78 is 50.2. The van der Waals surface area contributed by atoms with Gasteiger partial charge < -0.3 is 24.4 Å². The zero-order valence-corrected chi connectivity index (χ0v) is 18.1. The van der Waals surface area contributed by atoms with Gasteiger partial charge in [-0.3, -0.25) is 4.79 Å². The maximum absolute atomic E-state index is 13.1. The van der Waals surface area contributed by atoms with E-state index in [4.69, 9.17) is 9.15 Å². The summed E-state index contributed by atoms with van der Waals surface area (Å²) in [6.45, 7) is 0. The Hall–Kier alpha value is -4.60. The van der Waals surface area contributed by atoms with Crippen molar-refractivity contribution in [1.29, 1.82) is 0 Å². The molecule has 0 atom stereocenters. The third-order valence-electron chi connectivity index (χ3n) is 4.98. The molecule has 0 fully saturated rings. The highest BCUT2D eigenvalue weighted by molar-refractivity contribution is 6.05. The van der Waals surface area contributed by atoms with Crippen LogP contribution >= 0.6 is 0 Å². The van der Waals surface area contributed by atoms with Crippen LogP contribution in [0.5, 0.6) is 5.75 Å². The van der Waals surface area contributed by atoms with Gasteiger partial charge in [-0.25, -0.2) is 4.99 Å². The molecule has 178 valence electrons. The normalized spacial score (nSPS) is 11.9. The van der Waals surface area contributed by atoms with Crippen LogP contribution in [-0.4, -0.2) is 19.0 Å². The lowest BCUT2D eigenvalue weighted by molar-refractivity contribution is -0.255. The second-order valence-electron chi connectivity index (χ2n) is 7.35. The fraction of sp³-hybridized carbons (Fsp3) is 0.0800. The first-order valence-electron chi connectivity index (χ1n) is 10.1. The highest BCUT2D eigenvalue weighted by atomic mass is 19.4. The number of benzene rings is 3. The number of rotatable bonds is 5. The quantitative estimate of drug-likeness (QED) is 0.458. The van der Waals surface area contributed by atoms with Crippen molar-refractivity contribution in [3.8, 4) is 5.75 Å². The van der Waals surface area contributed by atoms with Gasteiger partial charge in [-0.15, -0.1) is 0 Å². The fourth-order valence-corrected chi connectivity index (χ4v) is 3.24. The summed E-state index contributed by atoms with van der Waals surface area (Å²) >= 11 is 0. The van der Waals surface area contributed by atoms with Crippen LogP contribution in [0.1, 0.15) is 26.3 Å². The number of carbonyl (C=O) groups excluding carboxylic acids is 2. The molecule has 4 rings (SSSR count). The third kappa shape index (κ3) is 5.32. The minimum Gasteiger partial charge on any atom is -0.545 e. The Bertz CT molecular complexity index is 1490. The van der Waals surface area contributed by atoms with E-state index in [0.29, 0.717) is 16.7 Å². The van der Waals surface area contributed by atoms with Gasteiger partial charge >= 0.3 is 6.18 Å². The lowest BCUT2D eigenvalue weighted by Gasteiger charge is -2.11. The van der Waals surface area contributed by atoms with E-state index in [9.17, 15) is 27.9 Å². The van der Waals surface area contributed by atoms with E-state index in [1.807, 2.05) is 0 Å². The molecule has 4 aromatic rings. The van der Waals surface area contributed by atoms with Crippen molar-refractivity contribution in [1.82, 2.24) is 0 Å². The fourth-order valence-electron chi connectivity index (χ4n) is 3.24. The van der Waals surface area contributed by atoms with Crippen molar-refractivity contribution in [3.05, 3.63) is 95.0 Å². The average molecular weight is 481 g/mol. The lowest BCUT2D eigenvalue weighted by atomic mass is 10.1. The Morgan fingerprint density at radius 3 is 2.40 bits per heavy atom. The molecular weight excluding hydrogens is 465 g/mol. The van der Waals surface area contributed by atoms with Gasteiger partial charge in [0.25, 0.3) is 5.91 Å². The number of aromatic carboxylic acids is 1. The Morgan fingerprint density at radius 2 is 1.74 bits per heavy atom. The summed E-state index contributed by atoms with van der Waals surface area (Å²) in [4.78, 5) is 28.4. The second kappa shape index (κ2) is 9.34. The van der Waals surface area contributed by atoms with Crippen LogP contribution in [0, 0.1) is 0 Å². The maximum Gasteiger partial charge on any atom is 0.416 e. The molecule has 3 aromatic carbocycles. The maximum atomic E-state index is 13.1. The van der Waals surface area contributed by atoms with Crippen molar-refractivity contribution < 1.29 is 37.0 Å². The number of hydrogen-bond donors (Lipinski definition) is 1. The highest BCUT2D eigenvalue weighted by Crippen LogP contribution is 2.31. The van der Waals surface area contributed by atoms with E-state index in [2.05, 4.69) is 10.3 Å². The Morgan fingerprint density at radius 1 is 1.00 bits per heavy atom. The average Bonchev–Trinajstić information content (AvgIpc) is 2.83. The van der Waals surface area contributed by atoms with Gasteiger partial charge in [0.1, 0.15) is 16.9 Å². The molecule has 7 nitrogen and oxygen atoms in total. The molecule has 0 saturated heterocycles. The van der Waals surface area contributed by atoms with Gasteiger partial charge in [0.2, 0.25) is 5.55 Å². The van der Waals surface area contributed by atoms with Crippen LogP contribution in [0.2, 0.25) is 0 Å². The molecule has 0 radical (unpaired) electrons. The summed E-state index contributed by atoms with van der Waals surface area (Å²) in [7, 11) is 1.47. The molecule has 0 aliphatic carbocycles. The molecule has 35 heavy (non-hydrogen) atoms. The molecule has 10 heteroatoms. The number of fused-ring (bicyclic) bond motifs is 1. The van der Waals surface area contributed by atoms with Gasteiger partial charge in [-0.1, -0.05) is 18.2 Å². The lowest BCUT2D eigenvalue weighted by Crippen LogP contribution is -2.22. The molecule has 0 bridgehead atoms. The van der Waals surface area contributed by atoms with Crippen LogP contribution in [0.25, 0.3) is 11.0 Å². The molecule has 1 heterocycles. The molecule has 1 aromatic heterocycles. The number of amides is 1. The third-order valence-corrected chi connectivity index (χ3v) is 4.98. The number of alkyl halides is 3. The van der Waals surface area contributed by atoms with Crippen LogP contribution in [-0.2, 0) is 6.18 Å². The molecule has 0 saturated carbocycles. The number of methoxy groups -OCH3 is 1. The summed E-state index contributed by atoms with van der Waals surface area (Å²) in [6, 6.07) is 15.9. The monoisotopic (exact) mass is 481 g/mol. The molecule has 0 unspecified atom stereocenters. The zero-order chi connectivity index (χ0) is 25.2. The Labute approximate surface area is 196 Å². The van der Waals surface area contributed by atoms with E-state index in [1.54, 1.807) is 18.2 Å². The number of nitrogens with zero attached hydrogens (tertiary/aromatic N) is 1. The van der Waals surface area contributed by atoms with Crippen molar-refractivity contribution >= 4 is 34.2 Å². The molecule has 1 N–H and O–H groups in total. The smallest absolute Gasteiger partial charge is 0.416 e. The van der Waals surface area contributed by atoms with E-state index in [-0.39, 0.29) is 28.1 Å². The predicted molar refractivity (Wildman–Crippen MR) is 118 cm³/mol. The summed E-state index contributed by atoms with van der Waals surface area (Å²) in [5, 5.41) is 13.9. The van der Waals surface area contributed by atoms with Crippen LogP contribution in [0.15, 0.2) is 82.2 Å². The summed E-state index contributed by atoms with van der Waals surface area (Å²) in [5.41, 5.74) is -0.596. The number of ether oxygens (including phenoxy) is 1.